The molecule has 2 aliphatic rings. The molecular formula is C15H25N3O. The molecule has 0 radical (unpaired) electrons. The van der Waals surface area contributed by atoms with E-state index in [0.29, 0.717) is 5.41 Å². The van der Waals surface area contributed by atoms with Gasteiger partial charge < -0.3 is 14.6 Å². The highest BCUT2D eigenvalue weighted by molar-refractivity contribution is 4.95. The molecule has 1 aliphatic heterocycles. The van der Waals surface area contributed by atoms with Crippen LogP contribution in [0.15, 0.2) is 12.4 Å². The third-order valence-electron chi connectivity index (χ3n) is 4.70. The van der Waals surface area contributed by atoms with Gasteiger partial charge in [-0.15, -0.1) is 0 Å². The Morgan fingerprint density at radius 3 is 2.84 bits per heavy atom. The van der Waals surface area contributed by atoms with Gasteiger partial charge in [0.05, 0.1) is 0 Å². The normalized spacial score (nSPS) is 22.6. The minimum atomic E-state index is 0.423. The van der Waals surface area contributed by atoms with Crippen LogP contribution >= 0.6 is 0 Å². The summed E-state index contributed by atoms with van der Waals surface area (Å²) in [7, 11) is 2.08. The fourth-order valence-corrected chi connectivity index (χ4v) is 2.98. The van der Waals surface area contributed by atoms with E-state index in [0.717, 1.165) is 32.2 Å². The van der Waals surface area contributed by atoms with Crippen LogP contribution in [0.2, 0.25) is 0 Å². The highest BCUT2D eigenvalue weighted by Crippen LogP contribution is 2.35. The van der Waals surface area contributed by atoms with Gasteiger partial charge in [0.1, 0.15) is 5.82 Å². The lowest BCUT2D eigenvalue weighted by molar-refractivity contribution is 0.0101. The first-order valence-corrected chi connectivity index (χ1v) is 7.55. The Labute approximate surface area is 115 Å². The first-order chi connectivity index (χ1) is 9.27. The minimum Gasteiger partial charge on any atom is -0.381 e. The zero-order valence-electron chi connectivity index (χ0n) is 11.9. The number of hydrogen-bond acceptors (Lipinski definition) is 3. The molecule has 0 unspecified atom stereocenters. The van der Waals surface area contributed by atoms with Crippen molar-refractivity contribution in [2.24, 2.45) is 12.5 Å². The highest BCUT2D eigenvalue weighted by atomic mass is 16.5. The van der Waals surface area contributed by atoms with E-state index < -0.39 is 0 Å². The molecule has 106 valence electrons. The fourth-order valence-electron chi connectivity index (χ4n) is 2.98. The number of imidazole rings is 1. The second kappa shape index (κ2) is 5.63. The predicted molar refractivity (Wildman–Crippen MR) is 75.0 cm³/mol. The molecule has 4 heteroatoms. The first-order valence-electron chi connectivity index (χ1n) is 7.55. The summed E-state index contributed by atoms with van der Waals surface area (Å²) in [5.41, 5.74) is 0.423. The Hall–Kier alpha value is -0.870. The number of hydrogen-bond donors (Lipinski definition) is 1. The molecule has 2 heterocycles. The van der Waals surface area contributed by atoms with Crippen LogP contribution in [0.25, 0.3) is 0 Å². The number of rotatable bonds is 6. The van der Waals surface area contributed by atoms with Gasteiger partial charge in [-0.25, -0.2) is 4.98 Å². The maximum absolute atomic E-state index is 5.56. The van der Waals surface area contributed by atoms with Gasteiger partial charge in [-0.1, -0.05) is 0 Å². The molecule has 0 amide bonds. The van der Waals surface area contributed by atoms with Crippen LogP contribution < -0.4 is 5.32 Å². The van der Waals surface area contributed by atoms with Crippen molar-refractivity contribution in [2.75, 3.05) is 19.8 Å². The molecule has 1 saturated heterocycles. The summed E-state index contributed by atoms with van der Waals surface area (Å²) in [6, 6.07) is 0.799. The standard InChI is InChI=1S/C15H25N3O/c1-18-9-8-16-14(18)4-5-15(6-10-19-11-7-15)12-17-13-2-3-13/h8-9,13,17H,2-7,10-12H2,1H3. The van der Waals surface area contributed by atoms with Crippen molar-refractivity contribution >= 4 is 0 Å². The molecule has 0 atom stereocenters. The second-order valence-electron chi connectivity index (χ2n) is 6.22. The van der Waals surface area contributed by atoms with E-state index in [4.69, 9.17) is 4.74 Å². The molecule has 1 aromatic heterocycles. The Balaban J connectivity index is 1.59. The van der Waals surface area contributed by atoms with Gasteiger partial charge in [0.15, 0.2) is 0 Å². The molecule has 3 rings (SSSR count). The van der Waals surface area contributed by atoms with Crippen molar-refractivity contribution in [3.63, 3.8) is 0 Å². The Morgan fingerprint density at radius 1 is 1.42 bits per heavy atom. The molecule has 4 nitrogen and oxygen atoms in total. The Bertz CT molecular complexity index is 405. The van der Waals surface area contributed by atoms with Crippen molar-refractivity contribution in [1.82, 2.24) is 14.9 Å². The molecule has 0 spiro atoms. The predicted octanol–water partition coefficient (Wildman–Crippen LogP) is 1.90. The smallest absolute Gasteiger partial charge is 0.108 e. The monoisotopic (exact) mass is 263 g/mol. The second-order valence-corrected chi connectivity index (χ2v) is 6.22. The summed E-state index contributed by atoms with van der Waals surface area (Å²) in [6.07, 6.45) is 11.4. The summed E-state index contributed by atoms with van der Waals surface area (Å²) in [5.74, 6) is 1.21. The minimum absolute atomic E-state index is 0.423. The zero-order valence-corrected chi connectivity index (χ0v) is 11.9. The summed E-state index contributed by atoms with van der Waals surface area (Å²) in [4.78, 5) is 4.45. The van der Waals surface area contributed by atoms with Crippen LogP contribution in [0, 0.1) is 5.41 Å². The summed E-state index contributed by atoms with van der Waals surface area (Å²) in [5, 5.41) is 3.73. The molecule has 0 aromatic carbocycles. The Kier molecular flexibility index (Phi) is 3.89. The van der Waals surface area contributed by atoms with Gasteiger partial charge in [-0.3, -0.25) is 0 Å². The molecule has 1 aromatic rings. The molecule has 1 N–H and O–H groups in total. The van der Waals surface area contributed by atoms with Gasteiger partial charge in [-0.2, -0.15) is 0 Å². The van der Waals surface area contributed by atoms with Crippen LogP contribution in [0.4, 0.5) is 0 Å². The summed E-state index contributed by atoms with van der Waals surface area (Å²) >= 11 is 0. The topological polar surface area (TPSA) is 39.1 Å². The van der Waals surface area contributed by atoms with E-state index in [2.05, 4.69) is 21.9 Å². The van der Waals surface area contributed by atoms with Crippen LogP contribution in [-0.2, 0) is 18.2 Å². The number of nitrogens with zero attached hydrogens (tertiary/aromatic N) is 2. The molecule has 19 heavy (non-hydrogen) atoms. The van der Waals surface area contributed by atoms with E-state index >= 15 is 0 Å². The molecule has 1 aliphatic carbocycles. The number of ether oxygens (including phenoxy) is 1. The van der Waals surface area contributed by atoms with E-state index in [1.165, 1.54) is 37.9 Å². The van der Waals surface area contributed by atoms with Crippen molar-refractivity contribution < 1.29 is 4.74 Å². The van der Waals surface area contributed by atoms with E-state index in [9.17, 15) is 0 Å². The lowest BCUT2D eigenvalue weighted by Crippen LogP contribution is -2.40. The fraction of sp³-hybridized carbons (Fsp3) is 0.800. The van der Waals surface area contributed by atoms with Crippen LogP contribution in [0.1, 0.15) is 37.9 Å². The van der Waals surface area contributed by atoms with Gasteiger partial charge in [-0.05, 0) is 37.5 Å². The van der Waals surface area contributed by atoms with Crippen molar-refractivity contribution in [1.29, 1.82) is 0 Å². The highest BCUT2D eigenvalue weighted by Gasteiger charge is 2.34. The van der Waals surface area contributed by atoms with Crippen molar-refractivity contribution in [2.45, 2.75) is 44.6 Å². The summed E-state index contributed by atoms with van der Waals surface area (Å²) in [6.45, 7) is 3.01. The van der Waals surface area contributed by atoms with Gasteiger partial charge >= 0.3 is 0 Å². The number of aromatic nitrogens is 2. The van der Waals surface area contributed by atoms with Gasteiger partial charge in [0.25, 0.3) is 0 Å². The van der Waals surface area contributed by atoms with E-state index in [-0.39, 0.29) is 0 Å². The third kappa shape index (κ3) is 3.37. The lowest BCUT2D eigenvalue weighted by Gasteiger charge is -2.37. The average molecular weight is 263 g/mol. The van der Waals surface area contributed by atoms with Crippen LogP contribution in [0.5, 0.6) is 0 Å². The number of nitrogens with one attached hydrogen (secondary N) is 1. The third-order valence-corrected chi connectivity index (χ3v) is 4.70. The SMILES string of the molecule is Cn1ccnc1CCC1(CNC2CC2)CCOCC1. The van der Waals surface area contributed by atoms with Gasteiger partial charge in [0.2, 0.25) is 0 Å². The zero-order chi connectivity index (χ0) is 13.1. The largest absolute Gasteiger partial charge is 0.381 e. The average Bonchev–Trinajstić information content (AvgIpc) is 3.18. The first kappa shape index (κ1) is 13.1. The van der Waals surface area contributed by atoms with E-state index in [1.54, 1.807) is 0 Å². The summed E-state index contributed by atoms with van der Waals surface area (Å²) < 4.78 is 7.70. The molecular weight excluding hydrogens is 238 g/mol. The Morgan fingerprint density at radius 2 is 2.21 bits per heavy atom. The van der Waals surface area contributed by atoms with Crippen LogP contribution in [0.3, 0.4) is 0 Å². The molecule has 0 bridgehead atoms. The quantitative estimate of drug-likeness (QED) is 0.852. The van der Waals surface area contributed by atoms with Crippen molar-refractivity contribution in [3.05, 3.63) is 18.2 Å². The lowest BCUT2D eigenvalue weighted by atomic mass is 9.76. The van der Waals surface area contributed by atoms with Gasteiger partial charge in [0, 0.05) is 51.7 Å². The maximum atomic E-state index is 5.56. The van der Waals surface area contributed by atoms with E-state index in [1.807, 2.05) is 12.4 Å². The van der Waals surface area contributed by atoms with Crippen molar-refractivity contribution in [3.8, 4) is 0 Å². The maximum Gasteiger partial charge on any atom is 0.108 e. The number of aryl methyl sites for hydroxylation is 2. The molecule has 1 saturated carbocycles. The van der Waals surface area contributed by atoms with Crippen LogP contribution in [-0.4, -0.2) is 35.4 Å². The molecule has 2 fully saturated rings.